The van der Waals surface area contributed by atoms with Crippen molar-refractivity contribution in [2.75, 3.05) is 11.4 Å². The van der Waals surface area contributed by atoms with Crippen molar-refractivity contribution in [1.82, 2.24) is 9.97 Å². The summed E-state index contributed by atoms with van der Waals surface area (Å²) in [7, 11) is 0. The van der Waals surface area contributed by atoms with Crippen LogP contribution in [0.4, 0.5) is 5.69 Å². The SMILES string of the molecule is Cc1ncc(N2CCCC2C(=O)O)cn1. The lowest BCUT2D eigenvalue weighted by molar-refractivity contribution is -0.138. The van der Waals surface area contributed by atoms with Crippen LogP contribution in [0.1, 0.15) is 18.7 Å². The summed E-state index contributed by atoms with van der Waals surface area (Å²) < 4.78 is 0. The molecule has 1 aliphatic rings. The number of carboxylic acid groups (broad SMARTS) is 1. The zero-order chi connectivity index (χ0) is 10.8. The Hall–Kier alpha value is -1.65. The Bertz CT molecular complexity index is 363. The van der Waals surface area contributed by atoms with Crippen molar-refractivity contribution >= 4 is 11.7 Å². The minimum Gasteiger partial charge on any atom is -0.480 e. The molecule has 5 heteroatoms. The molecule has 5 nitrogen and oxygen atoms in total. The molecule has 1 aliphatic heterocycles. The second-order valence-corrected chi connectivity index (χ2v) is 3.68. The molecular weight excluding hydrogens is 194 g/mol. The summed E-state index contributed by atoms with van der Waals surface area (Å²) in [5.74, 6) is -0.0714. The molecule has 15 heavy (non-hydrogen) atoms. The lowest BCUT2D eigenvalue weighted by Gasteiger charge is -2.22. The van der Waals surface area contributed by atoms with Crippen molar-refractivity contribution in [3.8, 4) is 0 Å². The van der Waals surface area contributed by atoms with Crippen LogP contribution in [-0.2, 0) is 4.79 Å². The molecule has 1 fully saturated rings. The van der Waals surface area contributed by atoms with Crippen molar-refractivity contribution in [1.29, 1.82) is 0 Å². The van der Waals surface area contributed by atoms with Gasteiger partial charge in [0.2, 0.25) is 0 Å². The van der Waals surface area contributed by atoms with E-state index in [0.29, 0.717) is 12.2 Å². The number of aromatic nitrogens is 2. The quantitative estimate of drug-likeness (QED) is 0.778. The van der Waals surface area contributed by atoms with Crippen LogP contribution in [0.5, 0.6) is 0 Å². The number of carboxylic acids is 1. The highest BCUT2D eigenvalue weighted by Crippen LogP contribution is 2.24. The number of nitrogens with zero attached hydrogens (tertiary/aromatic N) is 3. The maximum atomic E-state index is 11.0. The third-order valence-corrected chi connectivity index (χ3v) is 2.64. The van der Waals surface area contributed by atoms with Crippen molar-refractivity contribution in [3.05, 3.63) is 18.2 Å². The van der Waals surface area contributed by atoms with Gasteiger partial charge in [-0.25, -0.2) is 14.8 Å². The third kappa shape index (κ3) is 1.91. The Morgan fingerprint density at radius 3 is 2.80 bits per heavy atom. The summed E-state index contributed by atoms with van der Waals surface area (Å²) in [6, 6.07) is -0.420. The van der Waals surface area contributed by atoms with Gasteiger partial charge < -0.3 is 10.0 Å². The van der Waals surface area contributed by atoms with Crippen LogP contribution in [0.25, 0.3) is 0 Å². The van der Waals surface area contributed by atoms with E-state index in [2.05, 4.69) is 9.97 Å². The van der Waals surface area contributed by atoms with Crippen LogP contribution in [0.15, 0.2) is 12.4 Å². The molecule has 0 amide bonds. The first-order chi connectivity index (χ1) is 7.18. The monoisotopic (exact) mass is 207 g/mol. The molecule has 0 spiro atoms. The zero-order valence-electron chi connectivity index (χ0n) is 8.55. The van der Waals surface area contributed by atoms with Crippen molar-refractivity contribution in [3.63, 3.8) is 0 Å². The molecule has 1 saturated heterocycles. The van der Waals surface area contributed by atoms with Crippen LogP contribution < -0.4 is 4.90 Å². The number of hydrogen-bond acceptors (Lipinski definition) is 4. The second kappa shape index (κ2) is 3.84. The summed E-state index contributed by atoms with van der Waals surface area (Å²) in [5, 5.41) is 9.02. The van der Waals surface area contributed by atoms with Gasteiger partial charge in [0.1, 0.15) is 11.9 Å². The Balaban J connectivity index is 2.22. The highest BCUT2D eigenvalue weighted by Gasteiger charge is 2.30. The van der Waals surface area contributed by atoms with Crippen molar-refractivity contribution in [2.45, 2.75) is 25.8 Å². The number of aryl methyl sites for hydroxylation is 1. The molecule has 1 N–H and O–H groups in total. The van der Waals surface area contributed by atoms with E-state index in [4.69, 9.17) is 5.11 Å². The van der Waals surface area contributed by atoms with E-state index in [0.717, 1.165) is 18.7 Å². The van der Waals surface area contributed by atoms with Crippen LogP contribution in [0.3, 0.4) is 0 Å². The number of aliphatic carboxylic acids is 1. The summed E-state index contributed by atoms with van der Waals surface area (Å²) in [5.41, 5.74) is 0.797. The third-order valence-electron chi connectivity index (χ3n) is 2.64. The highest BCUT2D eigenvalue weighted by atomic mass is 16.4. The molecular formula is C10H13N3O2. The van der Waals surface area contributed by atoms with Crippen LogP contribution in [0.2, 0.25) is 0 Å². The normalized spacial score (nSPS) is 20.6. The molecule has 1 aromatic heterocycles. The summed E-state index contributed by atoms with van der Waals surface area (Å²) in [4.78, 5) is 21.0. The molecule has 1 atom stereocenters. The van der Waals surface area contributed by atoms with Gasteiger partial charge in [0, 0.05) is 6.54 Å². The number of carbonyl (C=O) groups is 1. The van der Waals surface area contributed by atoms with Gasteiger partial charge in [-0.15, -0.1) is 0 Å². The van der Waals surface area contributed by atoms with Crippen LogP contribution in [0, 0.1) is 6.92 Å². The maximum absolute atomic E-state index is 11.0. The minimum absolute atomic E-state index is 0.420. The molecule has 2 heterocycles. The zero-order valence-corrected chi connectivity index (χ0v) is 8.55. The standard InChI is InChI=1S/C10H13N3O2/c1-7-11-5-8(6-12-7)13-4-2-3-9(13)10(14)15/h5-6,9H,2-4H2,1H3,(H,14,15). The molecule has 0 radical (unpaired) electrons. The topological polar surface area (TPSA) is 66.3 Å². The lowest BCUT2D eigenvalue weighted by atomic mass is 10.2. The van der Waals surface area contributed by atoms with Crippen LogP contribution >= 0.6 is 0 Å². The summed E-state index contributed by atoms with van der Waals surface area (Å²) in [6.45, 7) is 2.58. The Morgan fingerprint density at radius 1 is 1.53 bits per heavy atom. The van der Waals surface area contributed by atoms with E-state index >= 15 is 0 Å². The second-order valence-electron chi connectivity index (χ2n) is 3.68. The van der Waals surface area contributed by atoms with E-state index < -0.39 is 12.0 Å². The Labute approximate surface area is 87.8 Å². The van der Waals surface area contributed by atoms with E-state index in [-0.39, 0.29) is 0 Å². The molecule has 0 saturated carbocycles. The predicted molar refractivity (Wildman–Crippen MR) is 54.8 cm³/mol. The fourth-order valence-corrected chi connectivity index (χ4v) is 1.87. The van der Waals surface area contributed by atoms with Gasteiger partial charge in [-0.1, -0.05) is 0 Å². The van der Waals surface area contributed by atoms with E-state index in [1.165, 1.54) is 0 Å². The van der Waals surface area contributed by atoms with Gasteiger partial charge in [-0.3, -0.25) is 0 Å². The summed E-state index contributed by atoms with van der Waals surface area (Å²) in [6.07, 6.45) is 4.97. The molecule has 1 aromatic rings. The minimum atomic E-state index is -0.770. The Kier molecular flexibility index (Phi) is 2.53. The molecule has 2 rings (SSSR count). The highest BCUT2D eigenvalue weighted by molar-refractivity contribution is 5.78. The average molecular weight is 207 g/mol. The molecule has 0 aromatic carbocycles. The molecule has 80 valence electrons. The lowest BCUT2D eigenvalue weighted by Crippen LogP contribution is -2.36. The van der Waals surface area contributed by atoms with E-state index in [1.807, 2.05) is 11.8 Å². The molecule has 0 aliphatic carbocycles. The number of anilines is 1. The van der Waals surface area contributed by atoms with Crippen LogP contribution in [-0.4, -0.2) is 33.6 Å². The van der Waals surface area contributed by atoms with Gasteiger partial charge in [-0.2, -0.15) is 0 Å². The largest absolute Gasteiger partial charge is 0.480 e. The first kappa shape index (κ1) is 9.89. The van der Waals surface area contributed by atoms with Gasteiger partial charge in [0.05, 0.1) is 18.1 Å². The van der Waals surface area contributed by atoms with Gasteiger partial charge >= 0.3 is 5.97 Å². The van der Waals surface area contributed by atoms with Gasteiger partial charge in [0.15, 0.2) is 0 Å². The first-order valence-electron chi connectivity index (χ1n) is 4.96. The first-order valence-corrected chi connectivity index (χ1v) is 4.96. The fraction of sp³-hybridized carbons (Fsp3) is 0.500. The molecule has 0 bridgehead atoms. The molecule has 1 unspecified atom stereocenters. The number of rotatable bonds is 2. The maximum Gasteiger partial charge on any atom is 0.326 e. The van der Waals surface area contributed by atoms with Crippen molar-refractivity contribution < 1.29 is 9.90 Å². The van der Waals surface area contributed by atoms with Gasteiger partial charge in [0.25, 0.3) is 0 Å². The fourth-order valence-electron chi connectivity index (χ4n) is 1.87. The predicted octanol–water partition coefficient (Wildman–Crippen LogP) is 0.838. The number of hydrogen-bond donors (Lipinski definition) is 1. The van der Waals surface area contributed by atoms with Crippen molar-refractivity contribution in [2.24, 2.45) is 0 Å². The summed E-state index contributed by atoms with van der Waals surface area (Å²) >= 11 is 0. The Morgan fingerprint density at radius 2 is 2.20 bits per heavy atom. The van der Waals surface area contributed by atoms with E-state index in [1.54, 1.807) is 12.4 Å². The smallest absolute Gasteiger partial charge is 0.326 e. The van der Waals surface area contributed by atoms with Gasteiger partial charge in [-0.05, 0) is 19.8 Å². The average Bonchev–Trinajstić information content (AvgIpc) is 2.67. The van der Waals surface area contributed by atoms with E-state index in [9.17, 15) is 4.79 Å².